The Labute approximate surface area is 118 Å². The maximum absolute atomic E-state index is 5.79. The van der Waals surface area contributed by atoms with Gasteiger partial charge in [-0.15, -0.1) is 0 Å². The number of alkyl halides is 1. The van der Waals surface area contributed by atoms with Crippen molar-refractivity contribution in [1.82, 2.24) is 0 Å². The number of hydrogen-bond acceptors (Lipinski definition) is 2. The van der Waals surface area contributed by atoms with Crippen LogP contribution in [-0.4, -0.2) is 19.8 Å². The molecule has 2 nitrogen and oxygen atoms in total. The van der Waals surface area contributed by atoms with Gasteiger partial charge in [0.15, 0.2) is 0 Å². The third-order valence-electron chi connectivity index (χ3n) is 3.72. The summed E-state index contributed by atoms with van der Waals surface area (Å²) in [4.78, 5) is 0.305. The molecular weight excluding hydrogens is 292 g/mol. The van der Waals surface area contributed by atoms with Crippen molar-refractivity contribution in [2.75, 3.05) is 13.7 Å². The van der Waals surface area contributed by atoms with Crippen LogP contribution in [0.25, 0.3) is 0 Å². The molecule has 1 fully saturated rings. The van der Waals surface area contributed by atoms with E-state index in [1.54, 1.807) is 7.11 Å². The molecule has 100 valence electrons. The lowest BCUT2D eigenvalue weighted by atomic mass is 9.91. The highest BCUT2D eigenvalue weighted by Gasteiger charge is 2.34. The van der Waals surface area contributed by atoms with Crippen LogP contribution in [-0.2, 0) is 4.74 Å². The van der Waals surface area contributed by atoms with Crippen molar-refractivity contribution < 1.29 is 9.47 Å². The van der Waals surface area contributed by atoms with Gasteiger partial charge in [0.25, 0.3) is 0 Å². The third kappa shape index (κ3) is 2.72. The minimum Gasteiger partial charge on any atom is -0.496 e. The Bertz CT molecular complexity index is 405. The van der Waals surface area contributed by atoms with Crippen molar-refractivity contribution >= 4 is 15.9 Å². The van der Waals surface area contributed by atoms with Crippen LogP contribution in [0, 0.1) is 12.8 Å². The summed E-state index contributed by atoms with van der Waals surface area (Å²) in [5.41, 5.74) is 2.51. The van der Waals surface area contributed by atoms with Crippen LogP contribution in [0.2, 0.25) is 0 Å². The number of halogens is 1. The van der Waals surface area contributed by atoms with Gasteiger partial charge in [-0.2, -0.15) is 0 Å². The van der Waals surface area contributed by atoms with Crippen LogP contribution < -0.4 is 4.74 Å². The zero-order valence-electron chi connectivity index (χ0n) is 11.3. The van der Waals surface area contributed by atoms with Crippen LogP contribution in [0.3, 0.4) is 0 Å². The van der Waals surface area contributed by atoms with E-state index in [1.165, 1.54) is 11.1 Å². The molecule has 1 heterocycles. The van der Waals surface area contributed by atoms with Gasteiger partial charge in [0.2, 0.25) is 0 Å². The highest BCUT2D eigenvalue weighted by molar-refractivity contribution is 9.09. The van der Waals surface area contributed by atoms with Crippen molar-refractivity contribution in [2.24, 2.45) is 5.92 Å². The average molecular weight is 313 g/mol. The fourth-order valence-corrected chi connectivity index (χ4v) is 3.68. The van der Waals surface area contributed by atoms with Crippen LogP contribution in [0.4, 0.5) is 0 Å². The van der Waals surface area contributed by atoms with Gasteiger partial charge in [-0.05, 0) is 25.8 Å². The zero-order chi connectivity index (χ0) is 13.1. The predicted molar refractivity (Wildman–Crippen MR) is 77.5 cm³/mol. The number of aryl methyl sites for hydroxylation is 1. The lowest BCUT2D eigenvalue weighted by Gasteiger charge is -2.24. The van der Waals surface area contributed by atoms with Gasteiger partial charge >= 0.3 is 0 Å². The number of ether oxygens (including phenoxy) is 2. The van der Waals surface area contributed by atoms with Crippen LogP contribution in [0.15, 0.2) is 18.2 Å². The summed E-state index contributed by atoms with van der Waals surface area (Å²) in [6.45, 7) is 5.18. The zero-order valence-corrected chi connectivity index (χ0v) is 12.9. The number of rotatable bonds is 4. The summed E-state index contributed by atoms with van der Waals surface area (Å²) in [5, 5.41) is 0. The lowest BCUT2D eigenvalue weighted by Crippen LogP contribution is -2.19. The fraction of sp³-hybridized carbons (Fsp3) is 0.600. The Morgan fingerprint density at radius 3 is 2.94 bits per heavy atom. The molecule has 0 radical (unpaired) electrons. The normalized spacial score (nSPS) is 25.1. The van der Waals surface area contributed by atoms with Crippen molar-refractivity contribution in [3.63, 3.8) is 0 Å². The SMILES string of the molecule is CCC1OCCC1C(Br)c1cc(C)ccc1OC. The number of methoxy groups -OCH3 is 1. The standard InChI is InChI=1S/C15H21BrO2/c1-4-13-11(7-8-18-13)15(16)12-9-10(2)5-6-14(12)17-3/h5-6,9,11,13,15H,4,7-8H2,1-3H3. The molecule has 0 N–H and O–H groups in total. The van der Waals surface area contributed by atoms with E-state index >= 15 is 0 Å². The van der Waals surface area contributed by atoms with Gasteiger partial charge in [0, 0.05) is 22.9 Å². The van der Waals surface area contributed by atoms with Gasteiger partial charge in [-0.3, -0.25) is 0 Å². The average Bonchev–Trinajstić information content (AvgIpc) is 2.86. The molecule has 0 spiro atoms. The third-order valence-corrected chi connectivity index (χ3v) is 4.89. The minimum absolute atomic E-state index is 0.305. The first kappa shape index (κ1) is 13.9. The van der Waals surface area contributed by atoms with Gasteiger partial charge in [-0.1, -0.05) is 40.5 Å². The number of hydrogen-bond donors (Lipinski definition) is 0. The van der Waals surface area contributed by atoms with Crippen molar-refractivity contribution in [1.29, 1.82) is 0 Å². The molecule has 18 heavy (non-hydrogen) atoms. The second-order valence-electron chi connectivity index (χ2n) is 4.92. The highest BCUT2D eigenvalue weighted by Crippen LogP contribution is 2.43. The molecular formula is C15H21BrO2. The van der Waals surface area contributed by atoms with E-state index in [2.05, 4.69) is 48.0 Å². The second-order valence-corrected chi connectivity index (χ2v) is 5.90. The molecule has 0 aromatic heterocycles. The first-order chi connectivity index (χ1) is 8.67. The molecule has 0 amide bonds. The largest absolute Gasteiger partial charge is 0.496 e. The van der Waals surface area contributed by atoms with Crippen molar-refractivity contribution in [2.45, 2.75) is 37.6 Å². The molecule has 2 rings (SSSR count). The summed E-state index contributed by atoms with van der Waals surface area (Å²) >= 11 is 3.86. The topological polar surface area (TPSA) is 18.5 Å². The van der Waals surface area contributed by atoms with Gasteiger partial charge in [0.1, 0.15) is 5.75 Å². The van der Waals surface area contributed by atoms with E-state index in [4.69, 9.17) is 9.47 Å². The smallest absolute Gasteiger partial charge is 0.123 e. The summed E-state index contributed by atoms with van der Waals surface area (Å²) < 4.78 is 11.3. The van der Waals surface area contributed by atoms with Crippen molar-refractivity contribution in [3.05, 3.63) is 29.3 Å². The molecule has 0 bridgehead atoms. The maximum atomic E-state index is 5.79. The van der Waals surface area contributed by atoms with Crippen LogP contribution >= 0.6 is 15.9 Å². The monoisotopic (exact) mass is 312 g/mol. The Balaban J connectivity index is 2.27. The number of benzene rings is 1. The van der Waals surface area contributed by atoms with E-state index in [0.717, 1.165) is 25.2 Å². The molecule has 3 atom stereocenters. The van der Waals surface area contributed by atoms with E-state index in [9.17, 15) is 0 Å². The Kier molecular flexibility index (Phi) is 4.68. The second kappa shape index (κ2) is 6.07. The summed E-state index contributed by atoms with van der Waals surface area (Å²) in [6.07, 6.45) is 2.55. The van der Waals surface area contributed by atoms with Crippen LogP contribution in [0.1, 0.15) is 35.7 Å². The lowest BCUT2D eigenvalue weighted by molar-refractivity contribution is 0.0871. The molecule has 1 aromatic carbocycles. The maximum Gasteiger partial charge on any atom is 0.123 e. The quantitative estimate of drug-likeness (QED) is 0.774. The minimum atomic E-state index is 0.305. The van der Waals surface area contributed by atoms with Gasteiger partial charge in [0.05, 0.1) is 13.2 Å². The van der Waals surface area contributed by atoms with E-state index in [1.807, 2.05) is 0 Å². The van der Waals surface area contributed by atoms with Gasteiger partial charge < -0.3 is 9.47 Å². The summed E-state index contributed by atoms with van der Waals surface area (Å²) in [6, 6.07) is 6.35. The van der Waals surface area contributed by atoms with E-state index in [-0.39, 0.29) is 0 Å². The first-order valence-corrected chi connectivity index (χ1v) is 7.49. The molecule has 0 saturated carbocycles. The molecule has 1 saturated heterocycles. The van der Waals surface area contributed by atoms with E-state index in [0.29, 0.717) is 16.8 Å². The molecule has 3 heteroatoms. The van der Waals surface area contributed by atoms with E-state index < -0.39 is 0 Å². The predicted octanol–water partition coefficient (Wildman–Crippen LogP) is 4.25. The Morgan fingerprint density at radius 2 is 2.28 bits per heavy atom. The Hall–Kier alpha value is -0.540. The fourth-order valence-electron chi connectivity index (χ4n) is 2.72. The molecule has 1 aliphatic rings. The summed E-state index contributed by atoms with van der Waals surface area (Å²) in [5.74, 6) is 1.50. The molecule has 1 aliphatic heterocycles. The molecule has 3 unspecified atom stereocenters. The van der Waals surface area contributed by atoms with Crippen LogP contribution in [0.5, 0.6) is 5.75 Å². The van der Waals surface area contributed by atoms with Crippen molar-refractivity contribution in [3.8, 4) is 5.75 Å². The Morgan fingerprint density at radius 1 is 1.50 bits per heavy atom. The summed E-state index contributed by atoms with van der Waals surface area (Å²) in [7, 11) is 1.73. The highest BCUT2D eigenvalue weighted by atomic mass is 79.9. The molecule has 0 aliphatic carbocycles. The van der Waals surface area contributed by atoms with Gasteiger partial charge in [-0.25, -0.2) is 0 Å². The first-order valence-electron chi connectivity index (χ1n) is 6.57. The molecule has 1 aromatic rings.